The third-order valence-corrected chi connectivity index (χ3v) is 7.39. The Morgan fingerprint density at radius 1 is 1.12 bits per heavy atom. The van der Waals surface area contributed by atoms with E-state index in [1.165, 1.54) is 0 Å². The van der Waals surface area contributed by atoms with Crippen molar-refractivity contribution in [3.05, 3.63) is 104 Å². The van der Waals surface area contributed by atoms with Crippen molar-refractivity contribution < 1.29 is 24.1 Å². The van der Waals surface area contributed by atoms with Crippen LogP contribution in [0.1, 0.15) is 49.5 Å². The van der Waals surface area contributed by atoms with Crippen LogP contribution in [-0.2, 0) is 20.7 Å². The van der Waals surface area contributed by atoms with Gasteiger partial charge < -0.3 is 24.6 Å². The molecule has 0 radical (unpaired) electrons. The van der Waals surface area contributed by atoms with Crippen LogP contribution in [0.5, 0.6) is 5.75 Å². The molecule has 0 unspecified atom stereocenters. The van der Waals surface area contributed by atoms with Crippen LogP contribution < -0.4 is 10.1 Å². The maximum absolute atomic E-state index is 14.3. The number of hydrogen-bond donors (Lipinski definition) is 2. The Kier molecular flexibility index (Phi) is 11.6. The van der Waals surface area contributed by atoms with Crippen LogP contribution in [0.2, 0.25) is 0 Å². The molecule has 0 spiro atoms. The van der Waals surface area contributed by atoms with Gasteiger partial charge in [0.1, 0.15) is 5.75 Å². The van der Waals surface area contributed by atoms with Crippen molar-refractivity contribution in [3.63, 3.8) is 0 Å². The maximum atomic E-state index is 14.3. The Labute approximate surface area is 259 Å². The molecule has 1 amide bonds. The molecule has 0 aromatic heterocycles. The zero-order valence-corrected chi connectivity index (χ0v) is 25.9. The Hall–Kier alpha value is -3.89. The number of nitrogens with zero attached hydrogens (tertiary/aromatic N) is 4. The molecule has 0 aliphatic carbocycles. The fourth-order valence-electron chi connectivity index (χ4n) is 4.76. The number of benzene rings is 3. The molecule has 3 aromatic carbocycles. The first kappa shape index (κ1) is 32.0. The maximum Gasteiger partial charge on any atom is 0.252 e. The average molecular weight is 651 g/mol. The first-order chi connectivity index (χ1) is 20.9. The van der Waals surface area contributed by atoms with Crippen LogP contribution in [0, 0.1) is 0 Å². The molecule has 0 saturated carbocycles. The molecule has 0 saturated heterocycles. The predicted octanol–water partition coefficient (Wildman–Crippen LogP) is 6.58. The van der Waals surface area contributed by atoms with Gasteiger partial charge in [-0.1, -0.05) is 57.4 Å². The number of ether oxygens (including phenoxy) is 3. The van der Waals surface area contributed by atoms with Crippen molar-refractivity contribution in [2.45, 2.75) is 50.9 Å². The molecule has 43 heavy (non-hydrogen) atoms. The van der Waals surface area contributed by atoms with E-state index < -0.39 is 11.6 Å². The second kappa shape index (κ2) is 15.5. The smallest absolute Gasteiger partial charge is 0.252 e. The lowest BCUT2D eigenvalue weighted by atomic mass is 9.81. The summed E-state index contributed by atoms with van der Waals surface area (Å²) < 4.78 is 18.8. The van der Waals surface area contributed by atoms with E-state index in [1.54, 1.807) is 24.3 Å². The standard InChI is InChI=1S/C32H36BrN5O5/c1-22(2)41-19-5-17-35-31(40)32(21-25-7-3-4-8-28(25)37-38-34)29(23-9-13-26(33)14-10-23)43-30(36-32)24-11-15-27(16-12-24)42-20-6-18-39/h3-4,7-16,22,29,39H,5-6,17-21H2,1-2H3,(H,35,40)/t29-,32-/m1/s1. The van der Waals surface area contributed by atoms with Gasteiger partial charge in [0, 0.05) is 53.2 Å². The molecule has 0 fully saturated rings. The highest BCUT2D eigenvalue weighted by Gasteiger charge is 2.53. The number of carbonyl (C=O) groups excluding carboxylic acids is 1. The molecule has 2 N–H and O–H groups in total. The highest BCUT2D eigenvalue weighted by atomic mass is 79.9. The number of amides is 1. The fraction of sp³-hybridized carbons (Fsp3) is 0.375. The van der Waals surface area contributed by atoms with Gasteiger partial charge in [-0.3, -0.25) is 4.79 Å². The summed E-state index contributed by atoms with van der Waals surface area (Å²) in [6.45, 7) is 5.30. The van der Waals surface area contributed by atoms with E-state index in [4.69, 9.17) is 24.3 Å². The summed E-state index contributed by atoms with van der Waals surface area (Å²) in [7, 11) is 0. The van der Waals surface area contributed by atoms with E-state index in [0.29, 0.717) is 61.1 Å². The molecular weight excluding hydrogens is 614 g/mol. The molecule has 1 aliphatic rings. The van der Waals surface area contributed by atoms with Gasteiger partial charge in [-0.25, -0.2) is 4.99 Å². The first-order valence-electron chi connectivity index (χ1n) is 14.2. The van der Waals surface area contributed by atoms with E-state index in [2.05, 4.69) is 31.3 Å². The van der Waals surface area contributed by atoms with Gasteiger partial charge >= 0.3 is 0 Å². The van der Waals surface area contributed by atoms with Crippen LogP contribution in [0.25, 0.3) is 10.4 Å². The third-order valence-electron chi connectivity index (χ3n) is 6.86. The number of hydrogen-bond acceptors (Lipinski definition) is 7. The summed E-state index contributed by atoms with van der Waals surface area (Å²) >= 11 is 3.50. The van der Waals surface area contributed by atoms with Gasteiger partial charge in [0.15, 0.2) is 11.6 Å². The number of aliphatic imine (C=N–C) groups is 1. The lowest BCUT2D eigenvalue weighted by molar-refractivity contribution is -0.129. The summed E-state index contributed by atoms with van der Waals surface area (Å²) in [4.78, 5) is 22.3. The normalized spacial score (nSPS) is 17.6. The summed E-state index contributed by atoms with van der Waals surface area (Å²) in [5.74, 6) is 0.658. The zero-order chi connectivity index (χ0) is 30.7. The number of halogens is 1. The van der Waals surface area contributed by atoms with Gasteiger partial charge in [0.25, 0.3) is 5.91 Å². The van der Waals surface area contributed by atoms with E-state index in [9.17, 15) is 10.3 Å². The van der Waals surface area contributed by atoms with Crippen LogP contribution >= 0.6 is 15.9 Å². The number of nitrogens with one attached hydrogen (secondary N) is 1. The molecule has 4 rings (SSSR count). The minimum atomic E-state index is -1.42. The molecule has 1 heterocycles. The fourth-order valence-corrected chi connectivity index (χ4v) is 5.03. The topological polar surface area (TPSA) is 138 Å². The van der Waals surface area contributed by atoms with Crippen molar-refractivity contribution in [3.8, 4) is 5.75 Å². The number of carbonyl (C=O) groups is 1. The molecule has 10 nitrogen and oxygen atoms in total. The number of aliphatic hydroxyl groups is 1. The minimum Gasteiger partial charge on any atom is -0.494 e. The Morgan fingerprint density at radius 3 is 2.56 bits per heavy atom. The van der Waals surface area contributed by atoms with Crippen molar-refractivity contribution in [1.82, 2.24) is 5.32 Å². The van der Waals surface area contributed by atoms with Gasteiger partial charge in [0.05, 0.1) is 12.7 Å². The highest BCUT2D eigenvalue weighted by molar-refractivity contribution is 9.10. The van der Waals surface area contributed by atoms with Crippen LogP contribution in [0.4, 0.5) is 5.69 Å². The van der Waals surface area contributed by atoms with E-state index >= 15 is 0 Å². The van der Waals surface area contributed by atoms with Crippen LogP contribution in [0.15, 0.2) is 87.4 Å². The summed E-state index contributed by atoms with van der Waals surface area (Å²) in [5, 5.41) is 16.0. The van der Waals surface area contributed by atoms with E-state index in [1.807, 2.05) is 62.4 Å². The Balaban J connectivity index is 1.76. The summed E-state index contributed by atoms with van der Waals surface area (Å²) in [5.41, 5.74) is 10.3. The predicted molar refractivity (Wildman–Crippen MR) is 169 cm³/mol. The second-order valence-electron chi connectivity index (χ2n) is 10.4. The van der Waals surface area contributed by atoms with Crippen molar-refractivity contribution in [1.29, 1.82) is 0 Å². The zero-order valence-electron chi connectivity index (χ0n) is 24.3. The Bertz CT molecular complexity index is 1440. The SMILES string of the molecule is CC(C)OCCCNC(=O)[C@]1(Cc2ccccc2N=[N+]=[N-])N=C(c2ccc(OCCCO)cc2)O[C@@H]1c1ccc(Br)cc1. The second-order valence-corrected chi connectivity index (χ2v) is 11.3. The van der Waals surface area contributed by atoms with E-state index in [-0.39, 0.29) is 25.0 Å². The van der Waals surface area contributed by atoms with Crippen LogP contribution in [-0.4, -0.2) is 54.9 Å². The molecule has 0 bridgehead atoms. The van der Waals surface area contributed by atoms with Gasteiger partial charge in [0.2, 0.25) is 5.90 Å². The largest absolute Gasteiger partial charge is 0.494 e. The number of azide groups is 1. The molecule has 3 aromatic rings. The van der Waals surface area contributed by atoms with Crippen molar-refractivity contribution in [2.75, 3.05) is 26.4 Å². The lowest BCUT2D eigenvalue weighted by Gasteiger charge is -2.31. The third kappa shape index (κ3) is 8.36. The van der Waals surface area contributed by atoms with Gasteiger partial charge in [-0.15, -0.1) is 0 Å². The highest BCUT2D eigenvalue weighted by Crippen LogP contribution is 2.44. The molecule has 226 valence electrons. The van der Waals surface area contributed by atoms with Gasteiger partial charge in [-0.05, 0) is 73.3 Å². The van der Waals surface area contributed by atoms with Gasteiger partial charge in [-0.2, -0.15) is 0 Å². The molecule has 2 atom stereocenters. The number of rotatable bonds is 15. The quantitative estimate of drug-likeness (QED) is 0.0828. The van der Waals surface area contributed by atoms with Crippen LogP contribution in [0.3, 0.4) is 0 Å². The molecular formula is C32H36BrN5O5. The minimum absolute atomic E-state index is 0.0535. The summed E-state index contributed by atoms with van der Waals surface area (Å²) in [6, 6.07) is 22.0. The first-order valence-corrected chi connectivity index (χ1v) is 15.0. The monoisotopic (exact) mass is 649 g/mol. The van der Waals surface area contributed by atoms with Crippen molar-refractivity contribution in [2.24, 2.45) is 10.1 Å². The number of aliphatic hydroxyl groups excluding tert-OH is 1. The molecule has 1 aliphatic heterocycles. The van der Waals surface area contributed by atoms with Crippen molar-refractivity contribution >= 4 is 33.4 Å². The molecule has 11 heteroatoms. The lowest BCUT2D eigenvalue weighted by Crippen LogP contribution is -2.50. The van der Waals surface area contributed by atoms with E-state index in [0.717, 1.165) is 10.0 Å². The average Bonchev–Trinajstić information content (AvgIpc) is 3.39. The summed E-state index contributed by atoms with van der Waals surface area (Å²) in [6.07, 6.45) is 0.617. The Morgan fingerprint density at radius 2 is 1.86 bits per heavy atom.